The summed E-state index contributed by atoms with van der Waals surface area (Å²) in [5.74, 6) is 1.10. The molecule has 0 spiro atoms. The van der Waals surface area contributed by atoms with Crippen LogP contribution in [0.4, 0.5) is 5.95 Å². The van der Waals surface area contributed by atoms with Gasteiger partial charge in [0.1, 0.15) is 0 Å². The van der Waals surface area contributed by atoms with Crippen LogP contribution in [0.1, 0.15) is 24.5 Å². The van der Waals surface area contributed by atoms with Crippen molar-refractivity contribution in [3.05, 3.63) is 47.7 Å². The fraction of sp³-hybridized carbons (Fsp3) is 0.267. The molecular weight excluding hydrogens is 252 g/mol. The van der Waals surface area contributed by atoms with Crippen LogP contribution in [-0.4, -0.2) is 16.6 Å². The normalized spacial score (nSPS) is 9.80. The number of aromatic nitrogens is 2. The molecule has 0 atom stereocenters. The van der Waals surface area contributed by atoms with Crippen molar-refractivity contribution in [2.24, 2.45) is 0 Å². The van der Waals surface area contributed by atoms with Gasteiger partial charge in [0.15, 0.2) is 0 Å². The molecule has 102 valence electrons. The zero-order valence-electron chi connectivity index (χ0n) is 11.3. The number of ether oxygens (including phenoxy) is 1. The first kappa shape index (κ1) is 13.8. The number of nitrogens with one attached hydrogen (secondary N) is 1. The number of benzene rings is 1. The Morgan fingerprint density at radius 3 is 2.75 bits per heavy atom. The van der Waals surface area contributed by atoms with Crippen molar-refractivity contribution in [3.63, 3.8) is 0 Å². The Kier molecular flexibility index (Phi) is 4.90. The molecule has 2 rings (SSSR count). The molecule has 0 saturated heterocycles. The molecule has 0 aliphatic rings. The molecule has 2 aromatic rings. The van der Waals surface area contributed by atoms with Gasteiger partial charge in [-0.2, -0.15) is 10.2 Å². The van der Waals surface area contributed by atoms with Crippen molar-refractivity contribution in [2.45, 2.75) is 19.9 Å². The molecule has 0 radical (unpaired) electrons. The Balaban J connectivity index is 1.94. The van der Waals surface area contributed by atoms with Gasteiger partial charge < -0.3 is 10.1 Å². The van der Waals surface area contributed by atoms with Gasteiger partial charge in [-0.1, -0.05) is 19.1 Å². The smallest absolute Gasteiger partial charge is 0.226 e. The summed E-state index contributed by atoms with van der Waals surface area (Å²) in [4.78, 5) is 8.40. The highest BCUT2D eigenvalue weighted by Gasteiger charge is 2.00. The highest BCUT2D eigenvalue weighted by atomic mass is 16.5. The molecule has 1 aromatic carbocycles. The Morgan fingerprint density at radius 2 is 2.05 bits per heavy atom. The highest BCUT2D eigenvalue weighted by molar-refractivity contribution is 5.34. The van der Waals surface area contributed by atoms with Crippen LogP contribution in [0.3, 0.4) is 0 Å². The Labute approximate surface area is 118 Å². The van der Waals surface area contributed by atoms with E-state index in [1.54, 1.807) is 24.4 Å². The summed E-state index contributed by atoms with van der Waals surface area (Å²) in [6.45, 7) is 3.29. The van der Waals surface area contributed by atoms with Crippen LogP contribution in [0, 0.1) is 11.3 Å². The number of nitriles is 1. The zero-order valence-corrected chi connectivity index (χ0v) is 11.3. The number of hydrogen-bond acceptors (Lipinski definition) is 5. The van der Waals surface area contributed by atoms with Crippen LogP contribution >= 0.6 is 0 Å². The molecule has 0 fully saturated rings. The first-order chi connectivity index (χ1) is 9.81. The van der Waals surface area contributed by atoms with Gasteiger partial charge in [-0.15, -0.1) is 0 Å². The third-order valence-corrected chi connectivity index (χ3v) is 2.62. The largest absolute Gasteiger partial charge is 0.478 e. The van der Waals surface area contributed by atoms with E-state index in [2.05, 4.69) is 21.4 Å². The van der Waals surface area contributed by atoms with Crippen LogP contribution < -0.4 is 10.1 Å². The number of nitrogens with zero attached hydrogens (tertiary/aromatic N) is 3. The van der Waals surface area contributed by atoms with Crippen molar-refractivity contribution in [1.29, 1.82) is 5.26 Å². The van der Waals surface area contributed by atoms with E-state index in [4.69, 9.17) is 10.00 Å². The molecule has 1 N–H and O–H groups in total. The van der Waals surface area contributed by atoms with Gasteiger partial charge in [0.25, 0.3) is 0 Å². The second kappa shape index (κ2) is 7.10. The molecule has 0 amide bonds. The lowest BCUT2D eigenvalue weighted by molar-refractivity contribution is 0.305. The van der Waals surface area contributed by atoms with E-state index >= 15 is 0 Å². The SMILES string of the molecule is CCCOc1ccnc(NCc2ccc(C#N)cc2)n1. The standard InChI is InChI=1S/C15H16N4O/c1-2-9-20-14-7-8-17-15(19-14)18-11-13-5-3-12(10-16)4-6-13/h3-8H,2,9,11H2,1H3,(H,17,18,19). The van der Waals surface area contributed by atoms with Crippen LogP contribution in [-0.2, 0) is 6.54 Å². The summed E-state index contributed by atoms with van der Waals surface area (Å²) >= 11 is 0. The first-order valence-corrected chi connectivity index (χ1v) is 6.50. The molecular formula is C15H16N4O. The van der Waals surface area contributed by atoms with E-state index in [1.165, 1.54) is 0 Å². The predicted molar refractivity (Wildman–Crippen MR) is 76.3 cm³/mol. The maximum absolute atomic E-state index is 8.74. The lowest BCUT2D eigenvalue weighted by atomic mass is 10.1. The van der Waals surface area contributed by atoms with Gasteiger partial charge in [0, 0.05) is 18.8 Å². The van der Waals surface area contributed by atoms with E-state index < -0.39 is 0 Å². The number of hydrogen-bond donors (Lipinski definition) is 1. The number of rotatable bonds is 6. The van der Waals surface area contributed by atoms with Crippen LogP contribution in [0.15, 0.2) is 36.5 Å². The number of anilines is 1. The van der Waals surface area contributed by atoms with Gasteiger partial charge in [-0.3, -0.25) is 0 Å². The first-order valence-electron chi connectivity index (χ1n) is 6.50. The third-order valence-electron chi connectivity index (χ3n) is 2.62. The quantitative estimate of drug-likeness (QED) is 0.872. The molecule has 0 aliphatic carbocycles. The van der Waals surface area contributed by atoms with Crippen molar-refractivity contribution in [2.75, 3.05) is 11.9 Å². The summed E-state index contributed by atoms with van der Waals surface area (Å²) in [6.07, 6.45) is 2.61. The fourth-order valence-corrected chi connectivity index (χ4v) is 1.59. The lowest BCUT2D eigenvalue weighted by Crippen LogP contribution is -2.05. The van der Waals surface area contributed by atoms with E-state index in [1.807, 2.05) is 19.1 Å². The molecule has 0 bridgehead atoms. The minimum atomic E-state index is 0.531. The second-order valence-corrected chi connectivity index (χ2v) is 4.23. The van der Waals surface area contributed by atoms with Crippen molar-refractivity contribution < 1.29 is 4.74 Å². The third kappa shape index (κ3) is 3.95. The predicted octanol–water partition coefficient (Wildman–Crippen LogP) is 2.75. The van der Waals surface area contributed by atoms with E-state index in [0.29, 0.717) is 30.5 Å². The van der Waals surface area contributed by atoms with Gasteiger partial charge in [0.05, 0.1) is 18.2 Å². The lowest BCUT2D eigenvalue weighted by Gasteiger charge is -2.07. The highest BCUT2D eigenvalue weighted by Crippen LogP contribution is 2.10. The summed E-state index contributed by atoms with van der Waals surface area (Å²) in [5, 5.41) is 11.9. The average molecular weight is 268 g/mol. The Hall–Kier alpha value is -2.61. The van der Waals surface area contributed by atoms with Crippen molar-refractivity contribution in [1.82, 2.24) is 9.97 Å². The maximum atomic E-state index is 8.74. The molecule has 0 aliphatic heterocycles. The summed E-state index contributed by atoms with van der Waals surface area (Å²) in [5.41, 5.74) is 1.72. The van der Waals surface area contributed by atoms with Crippen molar-refractivity contribution >= 4 is 5.95 Å². The van der Waals surface area contributed by atoms with Crippen LogP contribution in [0.2, 0.25) is 0 Å². The molecule has 20 heavy (non-hydrogen) atoms. The van der Waals surface area contributed by atoms with Crippen LogP contribution in [0.5, 0.6) is 5.88 Å². The Bertz CT molecular complexity index is 590. The Morgan fingerprint density at radius 1 is 1.25 bits per heavy atom. The fourth-order valence-electron chi connectivity index (χ4n) is 1.59. The molecule has 5 heteroatoms. The summed E-state index contributed by atoms with van der Waals surface area (Å²) in [6, 6.07) is 11.2. The van der Waals surface area contributed by atoms with Gasteiger partial charge in [-0.25, -0.2) is 4.98 Å². The van der Waals surface area contributed by atoms with E-state index in [9.17, 15) is 0 Å². The monoisotopic (exact) mass is 268 g/mol. The zero-order chi connectivity index (χ0) is 14.2. The average Bonchev–Trinajstić information content (AvgIpc) is 2.52. The van der Waals surface area contributed by atoms with Gasteiger partial charge >= 0.3 is 0 Å². The maximum Gasteiger partial charge on any atom is 0.226 e. The molecule has 0 unspecified atom stereocenters. The molecule has 5 nitrogen and oxygen atoms in total. The molecule has 1 heterocycles. The molecule has 1 aromatic heterocycles. The summed E-state index contributed by atoms with van der Waals surface area (Å²) < 4.78 is 5.45. The van der Waals surface area contributed by atoms with Crippen molar-refractivity contribution in [3.8, 4) is 11.9 Å². The van der Waals surface area contributed by atoms with Gasteiger partial charge in [0.2, 0.25) is 11.8 Å². The summed E-state index contributed by atoms with van der Waals surface area (Å²) in [7, 11) is 0. The van der Waals surface area contributed by atoms with E-state index in [-0.39, 0.29) is 0 Å². The topological polar surface area (TPSA) is 70.8 Å². The molecule has 0 saturated carbocycles. The minimum Gasteiger partial charge on any atom is -0.478 e. The van der Waals surface area contributed by atoms with E-state index in [0.717, 1.165) is 12.0 Å². The minimum absolute atomic E-state index is 0.531. The van der Waals surface area contributed by atoms with Gasteiger partial charge in [-0.05, 0) is 24.1 Å². The second-order valence-electron chi connectivity index (χ2n) is 4.23. The van der Waals surface area contributed by atoms with Crippen LogP contribution in [0.25, 0.3) is 0 Å².